The number of hydrogen-bond donors (Lipinski definition) is 3. The number of aromatic nitrogens is 1. The molecule has 3 N–H and O–H groups in total. The Morgan fingerprint density at radius 2 is 1.87 bits per heavy atom. The quantitative estimate of drug-likeness (QED) is 0.517. The highest BCUT2D eigenvalue weighted by Crippen LogP contribution is 2.25. The van der Waals surface area contributed by atoms with E-state index in [1.807, 2.05) is 6.07 Å². The number of ether oxygens (including phenoxy) is 2. The van der Waals surface area contributed by atoms with E-state index in [-0.39, 0.29) is 11.4 Å². The van der Waals surface area contributed by atoms with Gasteiger partial charge in [0.15, 0.2) is 0 Å². The zero-order valence-corrected chi connectivity index (χ0v) is 17.9. The predicted octanol–water partition coefficient (Wildman–Crippen LogP) is 4.90. The SMILES string of the molecule is COc1ccc2cc(C(=O)O)c(NCc3cccc(NC(=O)OC(C)(C)C)c3)nc2c1. The van der Waals surface area contributed by atoms with Gasteiger partial charge in [-0.05, 0) is 56.7 Å². The van der Waals surface area contributed by atoms with Gasteiger partial charge >= 0.3 is 12.1 Å². The number of nitrogens with one attached hydrogen (secondary N) is 2. The fraction of sp³-hybridized carbons (Fsp3) is 0.261. The molecule has 0 bridgehead atoms. The molecule has 8 nitrogen and oxygen atoms in total. The van der Waals surface area contributed by atoms with Crippen LogP contribution in [0.15, 0.2) is 48.5 Å². The standard InChI is InChI=1S/C23H25N3O5/c1-23(2,3)31-22(29)25-16-7-5-6-14(10-16)13-24-20-18(21(27)28)11-15-8-9-17(30-4)12-19(15)26-20/h5-12H,13H2,1-4H3,(H,24,26)(H,25,29)(H,27,28). The molecule has 0 saturated heterocycles. The molecule has 0 atom stereocenters. The molecule has 2 aromatic carbocycles. The van der Waals surface area contributed by atoms with Gasteiger partial charge in [-0.15, -0.1) is 0 Å². The van der Waals surface area contributed by atoms with Crippen molar-refractivity contribution < 1.29 is 24.2 Å². The second-order valence-corrected chi connectivity index (χ2v) is 7.93. The summed E-state index contributed by atoms with van der Waals surface area (Å²) in [6, 6.07) is 14.0. The molecular formula is C23H25N3O5. The van der Waals surface area contributed by atoms with Crippen molar-refractivity contribution in [3.05, 3.63) is 59.7 Å². The number of carbonyl (C=O) groups excluding carboxylic acids is 1. The van der Waals surface area contributed by atoms with Crippen molar-refractivity contribution in [2.24, 2.45) is 0 Å². The molecule has 0 radical (unpaired) electrons. The van der Waals surface area contributed by atoms with Crippen molar-refractivity contribution >= 4 is 34.5 Å². The number of aromatic carboxylic acids is 1. The minimum atomic E-state index is -1.08. The number of amides is 1. The Morgan fingerprint density at radius 3 is 2.55 bits per heavy atom. The first-order chi connectivity index (χ1) is 14.6. The summed E-state index contributed by atoms with van der Waals surface area (Å²) < 4.78 is 10.5. The van der Waals surface area contributed by atoms with Crippen molar-refractivity contribution in [1.29, 1.82) is 0 Å². The number of fused-ring (bicyclic) bond motifs is 1. The third-order valence-electron chi connectivity index (χ3n) is 4.29. The third kappa shape index (κ3) is 5.85. The third-order valence-corrected chi connectivity index (χ3v) is 4.29. The lowest BCUT2D eigenvalue weighted by Gasteiger charge is -2.19. The van der Waals surface area contributed by atoms with Gasteiger partial charge in [-0.25, -0.2) is 14.6 Å². The van der Waals surface area contributed by atoms with Gasteiger partial charge in [0, 0.05) is 23.7 Å². The van der Waals surface area contributed by atoms with Gasteiger partial charge in [0.25, 0.3) is 0 Å². The van der Waals surface area contributed by atoms with Crippen LogP contribution in [0.25, 0.3) is 10.9 Å². The lowest BCUT2D eigenvalue weighted by Crippen LogP contribution is -2.27. The van der Waals surface area contributed by atoms with E-state index in [4.69, 9.17) is 9.47 Å². The summed E-state index contributed by atoms with van der Waals surface area (Å²) in [5.74, 6) is -0.193. The first-order valence-corrected chi connectivity index (χ1v) is 9.69. The van der Waals surface area contributed by atoms with Crippen LogP contribution in [0.2, 0.25) is 0 Å². The molecular weight excluding hydrogens is 398 g/mol. The summed E-state index contributed by atoms with van der Waals surface area (Å²) in [6.07, 6.45) is -0.545. The second kappa shape index (κ2) is 8.91. The molecule has 3 rings (SSSR count). The first-order valence-electron chi connectivity index (χ1n) is 9.69. The molecule has 1 amide bonds. The largest absolute Gasteiger partial charge is 0.497 e. The van der Waals surface area contributed by atoms with Crippen LogP contribution in [0.4, 0.5) is 16.3 Å². The van der Waals surface area contributed by atoms with Crippen LogP contribution in [0, 0.1) is 0 Å². The van der Waals surface area contributed by atoms with Gasteiger partial charge in [0.05, 0.1) is 12.6 Å². The number of nitrogens with zero attached hydrogens (tertiary/aromatic N) is 1. The highest BCUT2D eigenvalue weighted by Gasteiger charge is 2.17. The summed E-state index contributed by atoms with van der Waals surface area (Å²) in [5, 5.41) is 16.1. The van der Waals surface area contributed by atoms with E-state index in [0.717, 1.165) is 5.56 Å². The lowest BCUT2D eigenvalue weighted by atomic mass is 10.1. The van der Waals surface area contributed by atoms with Crippen molar-refractivity contribution in [3.8, 4) is 5.75 Å². The van der Waals surface area contributed by atoms with E-state index in [9.17, 15) is 14.7 Å². The van der Waals surface area contributed by atoms with Gasteiger partial charge in [0.1, 0.15) is 22.7 Å². The average Bonchev–Trinajstić information content (AvgIpc) is 2.69. The zero-order valence-electron chi connectivity index (χ0n) is 17.9. The van der Waals surface area contributed by atoms with E-state index >= 15 is 0 Å². The Hall–Kier alpha value is -3.81. The molecule has 0 unspecified atom stereocenters. The van der Waals surface area contributed by atoms with E-state index in [0.29, 0.717) is 28.9 Å². The van der Waals surface area contributed by atoms with Crippen LogP contribution in [0.1, 0.15) is 36.7 Å². The maximum atomic E-state index is 12.0. The number of rotatable bonds is 6. The van der Waals surface area contributed by atoms with Gasteiger partial charge in [0.2, 0.25) is 0 Å². The molecule has 3 aromatic rings. The van der Waals surface area contributed by atoms with E-state index in [1.54, 1.807) is 70.3 Å². The molecule has 162 valence electrons. The molecule has 0 aliphatic heterocycles. The van der Waals surface area contributed by atoms with Gasteiger partial charge in [-0.2, -0.15) is 0 Å². The highest BCUT2D eigenvalue weighted by atomic mass is 16.6. The molecule has 0 aliphatic carbocycles. The topological polar surface area (TPSA) is 110 Å². The van der Waals surface area contributed by atoms with Gasteiger partial charge in [-0.1, -0.05) is 12.1 Å². The normalized spacial score (nSPS) is 11.1. The number of carboxylic acids is 1. The van der Waals surface area contributed by atoms with Crippen molar-refractivity contribution in [2.75, 3.05) is 17.7 Å². The van der Waals surface area contributed by atoms with Crippen molar-refractivity contribution in [1.82, 2.24) is 4.98 Å². The Bertz CT molecular complexity index is 1120. The van der Waals surface area contributed by atoms with E-state index < -0.39 is 17.7 Å². The number of carboxylic acid groups (broad SMARTS) is 1. The number of pyridine rings is 1. The number of anilines is 2. The first kappa shape index (κ1) is 21.9. The molecule has 1 aromatic heterocycles. The maximum Gasteiger partial charge on any atom is 0.412 e. The average molecular weight is 423 g/mol. The predicted molar refractivity (Wildman–Crippen MR) is 119 cm³/mol. The highest BCUT2D eigenvalue weighted by molar-refractivity contribution is 5.98. The lowest BCUT2D eigenvalue weighted by molar-refractivity contribution is 0.0634. The Labute approximate surface area is 180 Å². The number of carbonyl (C=O) groups is 2. The molecule has 31 heavy (non-hydrogen) atoms. The summed E-state index contributed by atoms with van der Waals surface area (Å²) in [6.45, 7) is 5.68. The number of methoxy groups -OCH3 is 1. The Morgan fingerprint density at radius 1 is 1.10 bits per heavy atom. The Kier molecular flexibility index (Phi) is 6.29. The monoisotopic (exact) mass is 423 g/mol. The summed E-state index contributed by atoms with van der Waals surface area (Å²) in [7, 11) is 1.56. The van der Waals surface area contributed by atoms with E-state index in [2.05, 4.69) is 15.6 Å². The summed E-state index contributed by atoms with van der Waals surface area (Å²) >= 11 is 0. The van der Waals surface area contributed by atoms with Crippen LogP contribution >= 0.6 is 0 Å². The van der Waals surface area contributed by atoms with Crippen LogP contribution < -0.4 is 15.4 Å². The minimum Gasteiger partial charge on any atom is -0.497 e. The number of benzene rings is 2. The molecule has 1 heterocycles. The fourth-order valence-electron chi connectivity index (χ4n) is 2.94. The number of hydrogen-bond acceptors (Lipinski definition) is 6. The second-order valence-electron chi connectivity index (χ2n) is 7.93. The van der Waals surface area contributed by atoms with Crippen molar-refractivity contribution in [3.63, 3.8) is 0 Å². The maximum absolute atomic E-state index is 12.0. The summed E-state index contributed by atoms with van der Waals surface area (Å²) in [4.78, 5) is 28.2. The van der Waals surface area contributed by atoms with Crippen LogP contribution in [0.5, 0.6) is 5.75 Å². The molecule has 0 spiro atoms. The molecule has 0 fully saturated rings. The molecule has 0 aliphatic rings. The van der Waals surface area contributed by atoms with Gasteiger partial charge in [-0.3, -0.25) is 5.32 Å². The summed E-state index contributed by atoms with van der Waals surface area (Å²) in [5.41, 5.74) is 1.49. The Balaban J connectivity index is 1.79. The van der Waals surface area contributed by atoms with E-state index in [1.165, 1.54) is 0 Å². The minimum absolute atomic E-state index is 0.0701. The van der Waals surface area contributed by atoms with Gasteiger partial charge < -0.3 is 19.9 Å². The van der Waals surface area contributed by atoms with Crippen LogP contribution in [-0.4, -0.2) is 34.9 Å². The smallest absolute Gasteiger partial charge is 0.412 e. The van der Waals surface area contributed by atoms with Crippen LogP contribution in [-0.2, 0) is 11.3 Å². The zero-order chi connectivity index (χ0) is 22.6. The molecule has 0 saturated carbocycles. The fourth-order valence-corrected chi connectivity index (χ4v) is 2.94. The molecule has 8 heteroatoms. The van der Waals surface area contributed by atoms with Crippen LogP contribution in [0.3, 0.4) is 0 Å². The van der Waals surface area contributed by atoms with Crippen molar-refractivity contribution in [2.45, 2.75) is 32.9 Å².